The molecule has 0 aromatic heterocycles. The smallest absolute Gasteiger partial charge is 0.410 e. The second-order valence-corrected chi connectivity index (χ2v) is 8.00. The van der Waals surface area contributed by atoms with Gasteiger partial charge in [0.1, 0.15) is 5.60 Å². The van der Waals surface area contributed by atoms with E-state index in [9.17, 15) is 4.79 Å². The number of nitrogens with zero attached hydrogens (tertiary/aromatic N) is 1. The summed E-state index contributed by atoms with van der Waals surface area (Å²) in [4.78, 5) is 14.2. The fourth-order valence-electron chi connectivity index (χ4n) is 3.43. The Balaban J connectivity index is 1.75. The number of likely N-dealkylation sites (tertiary alicyclic amines) is 1. The molecular weight excluding hydrogens is 292 g/mol. The van der Waals surface area contributed by atoms with Crippen LogP contribution in [-0.4, -0.2) is 54.5 Å². The van der Waals surface area contributed by atoms with Gasteiger partial charge in [0.25, 0.3) is 0 Å². The molecule has 0 saturated carbocycles. The van der Waals surface area contributed by atoms with E-state index in [1.165, 1.54) is 12.8 Å². The molecule has 0 aliphatic carbocycles. The lowest BCUT2D eigenvalue weighted by atomic mass is 10.0. The van der Waals surface area contributed by atoms with Crippen LogP contribution in [0.4, 0.5) is 4.79 Å². The molecule has 2 rings (SSSR count). The van der Waals surface area contributed by atoms with E-state index in [0.29, 0.717) is 18.2 Å². The maximum absolute atomic E-state index is 12.3. The monoisotopic (exact) mass is 326 g/mol. The predicted molar refractivity (Wildman–Crippen MR) is 91.6 cm³/mol. The van der Waals surface area contributed by atoms with Crippen molar-refractivity contribution in [3.05, 3.63) is 0 Å². The lowest BCUT2D eigenvalue weighted by molar-refractivity contribution is 0.0133. The molecule has 0 spiro atoms. The van der Waals surface area contributed by atoms with E-state index in [4.69, 9.17) is 9.47 Å². The van der Waals surface area contributed by atoms with Crippen LogP contribution >= 0.6 is 0 Å². The van der Waals surface area contributed by atoms with Crippen LogP contribution < -0.4 is 5.32 Å². The van der Waals surface area contributed by atoms with Gasteiger partial charge in [0.2, 0.25) is 0 Å². The van der Waals surface area contributed by atoms with E-state index in [0.717, 1.165) is 45.4 Å². The van der Waals surface area contributed by atoms with Crippen LogP contribution in [0.3, 0.4) is 0 Å². The van der Waals surface area contributed by atoms with Gasteiger partial charge in [-0.1, -0.05) is 0 Å². The zero-order valence-electron chi connectivity index (χ0n) is 15.3. The highest BCUT2D eigenvalue weighted by atomic mass is 16.6. The van der Waals surface area contributed by atoms with Crippen molar-refractivity contribution in [3.8, 4) is 0 Å². The van der Waals surface area contributed by atoms with Crippen LogP contribution in [0, 0.1) is 0 Å². The fraction of sp³-hybridized carbons (Fsp3) is 0.944. The topological polar surface area (TPSA) is 50.8 Å². The highest BCUT2D eigenvalue weighted by Crippen LogP contribution is 2.24. The van der Waals surface area contributed by atoms with Crippen molar-refractivity contribution >= 4 is 6.09 Å². The van der Waals surface area contributed by atoms with E-state index in [1.54, 1.807) is 0 Å². The summed E-state index contributed by atoms with van der Waals surface area (Å²) in [6.07, 6.45) is 6.95. The molecule has 5 heteroatoms. The summed E-state index contributed by atoms with van der Waals surface area (Å²) < 4.78 is 11.3. The quantitative estimate of drug-likeness (QED) is 0.842. The number of hydrogen-bond donors (Lipinski definition) is 1. The fourth-order valence-corrected chi connectivity index (χ4v) is 3.43. The van der Waals surface area contributed by atoms with Crippen LogP contribution in [0.1, 0.15) is 66.2 Å². The number of carbonyl (C=O) groups is 1. The van der Waals surface area contributed by atoms with Gasteiger partial charge in [0, 0.05) is 31.8 Å². The maximum atomic E-state index is 12.3. The molecule has 0 aromatic rings. The Hall–Kier alpha value is -0.810. The summed E-state index contributed by atoms with van der Waals surface area (Å²) in [5.74, 6) is 0. The Labute approximate surface area is 141 Å². The summed E-state index contributed by atoms with van der Waals surface area (Å²) in [6.45, 7) is 10.6. The van der Waals surface area contributed by atoms with E-state index in [2.05, 4.69) is 12.2 Å². The van der Waals surface area contributed by atoms with Gasteiger partial charge in [-0.05, 0) is 66.2 Å². The highest BCUT2D eigenvalue weighted by molar-refractivity contribution is 5.68. The van der Waals surface area contributed by atoms with Crippen molar-refractivity contribution in [1.82, 2.24) is 10.2 Å². The van der Waals surface area contributed by atoms with Gasteiger partial charge in [-0.15, -0.1) is 0 Å². The molecule has 1 amide bonds. The summed E-state index contributed by atoms with van der Waals surface area (Å²) in [7, 11) is 0. The van der Waals surface area contributed by atoms with E-state index in [-0.39, 0.29) is 6.09 Å². The molecule has 2 fully saturated rings. The van der Waals surface area contributed by atoms with Crippen LogP contribution in [-0.2, 0) is 9.47 Å². The van der Waals surface area contributed by atoms with Gasteiger partial charge >= 0.3 is 6.09 Å². The van der Waals surface area contributed by atoms with Crippen LogP contribution in [0.15, 0.2) is 0 Å². The standard InChI is InChI=1S/C18H34N2O3/c1-14(19-13-16-9-5-6-11-22-16)12-15-8-7-10-20(15)17(21)23-18(2,3)4/h14-16,19H,5-13H2,1-4H3. The molecule has 3 atom stereocenters. The average Bonchev–Trinajstić information content (AvgIpc) is 2.93. The third-order valence-corrected chi connectivity index (χ3v) is 4.60. The predicted octanol–water partition coefficient (Wildman–Crippen LogP) is 3.32. The molecule has 1 N–H and O–H groups in total. The van der Waals surface area contributed by atoms with E-state index < -0.39 is 5.60 Å². The van der Waals surface area contributed by atoms with Crippen molar-refractivity contribution in [2.75, 3.05) is 19.7 Å². The lowest BCUT2D eigenvalue weighted by Crippen LogP contribution is -2.44. The summed E-state index contributed by atoms with van der Waals surface area (Å²) in [5.41, 5.74) is -0.424. The number of hydrogen-bond acceptors (Lipinski definition) is 4. The number of nitrogens with one attached hydrogen (secondary N) is 1. The van der Waals surface area contributed by atoms with Crippen LogP contribution in [0.2, 0.25) is 0 Å². The Morgan fingerprint density at radius 3 is 2.74 bits per heavy atom. The molecule has 5 nitrogen and oxygen atoms in total. The molecule has 2 heterocycles. The average molecular weight is 326 g/mol. The van der Waals surface area contributed by atoms with Crippen molar-refractivity contribution in [2.24, 2.45) is 0 Å². The molecule has 0 aromatic carbocycles. The Kier molecular flexibility index (Phi) is 6.72. The molecule has 23 heavy (non-hydrogen) atoms. The van der Waals surface area contributed by atoms with Crippen molar-refractivity contribution in [3.63, 3.8) is 0 Å². The second kappa shape index (κ2) is 8.34. The molecule has 2 saturated heterocycles. The normalized spacial score (nSPS) is 27.0. The zero-order chi connectivity index (χ0) is 16.9. The minimum Gasteiger partial charge on any atom is -0.444 e. The van der Waals surface area contributed by atoms with Crippen LogP contribution in [0.5, 0.6) is 0 Å². The minimum atomic E-state index is -0.424. The first-order valence-corrected chi connectivity index (χ1v) is 9.20. The van der Waals surface area contributed by atoms with Crippen molar-refractivity contribution in [2.45, 2.75) is 90.0 Å². The molecule has 0 bridgehead atoms. The molecule has 0 radical (unpaired) electrons. The number of amides is 1. The molecule has 3 unspecified atom stereocenters. The highest BCUT2D eigenvalue weighted by Gasteiger charge is 2.32. The minimum absolute atomic E-state index is 0.164. The van der Waals surface area contributed by atoms with Gasteiger partial charge < -0.3 is 19.7 Å². The van der Waals surface area contributed by atoms with Gasteiger partial charge in [0.05, 0.1) is 6.10 Å². The third-order valence-electron chi connectivity index (χ3n) is 4.60. The molecule has 134 valence electrons. The van der Waals surface area contributed by atoms with E-state index in [1.807, 2.05) is 25.7 Å². The zero-order valence-corrected chi connectivity index (χ0v) is 15.3. The first kappa shape index (κ1) is 18.5. The summed E-state index contributed by atoms with van der Waals surface area (Å²) in [5, 5.41) is 3.58. The first-order chi connectivity index (χ1) is 10.8. The Bertz CT molecular complexity index is 375. The molecular formula is C18H34N2O3. The lowest BCUT2D eigenvalue weighted by Gasteiger charge is -2.31. The molecule has 2 aliphatic rings. The third kappa shape index (κ3) is 6.30. The Morgan fingerprint density at radius 2 is 2.09 bits per heavy atom. The van der Waals surface area contributed by atoms with Crippen molar-refractivity contribution < 1.29 is 14.3 Å². The SMILES string of the molecule is CC(CC1CCCN1C(=O)OC(C)(C)C)NCC1CCCCO1. The summed E-state index contributed by atoms with van der Waals surface area (Å²) >= 11 is 0. The number of carbonyl (C=O) groups excluding carboxylic acids is 1. The van der Waals surface area contributed by atoms with E-state index >= 15 is 0 Å². The van der Waals surface area contributed by atoms with Gasteiger partial charge in [-0.2, -0.15) is 0 Å². The number of ether oxygens (including phenoxy) is 2. The largest absolute Gasteiger partial charge is 0.444 e. The van der Waals surface area contributed by atoms with Gasteiger partial charge in [-0.25, -0.2) is 4.79 Å². The van der Waals surface area contributed by atoms with Crippen molar-refractivity contribution in [1.29, 1.82) is 0 Å². The van der Waals surface area contributed by atoms with Crippen LogP contribution in [0.25, 0.3) is 0 Å². The van der Waals surface area contributed by atoms with Gasteiger partial charge in [-0.3, -0.25) is 0 Å². The maximum Gasteiger partial charge on any atom is 0.410 e. The Morgan fingerprint density at radius 1 is 1.30 bits per heavy atom. The second-order valence-electron chi connectivity index (χ2n) is 8.00. The number of rotatable bonds is 5. The molecule has 2 aliphatic heterocycles. The van der Waals surface area contributed by atoms with Gasteiger partial charge in [0.15, 0.2) is 0 Å². The first-order valence-electron chi connectivity index (χ1n) is 9.20. The summed E-state index contributed by atoms with van der Waals surface area (Å²) in [6, 6.07) is 0.674.